The Morgan fingerprint density at radius 2 is 2.11 bits per heavy atom. The smallest absolute Gasteiger partial charge is 0.313 e. The molecule has 106 valence electrons. The van der Waals surface area contributed by atoms with Crippen molar-refractivity contribution >= 4 is 17.7 Å². The number of thioether (sulfide) groups is 1. The molecule has 1 aliphatic rings. The van der Waals surface area contributed by atoms with Crippen LogP contribution in [0.25, 0.3) is 0 Å². The fourth-order valence-electron chi connectivity index (χ4n) is 2.21. The Balaban J connectivity index is 2.19. The van der Waals surface area contributed by atoms with Gasteiger partial charge in [-0.15, -0.1) is 10.2 Å². The molecule has 1 N–H and O–H groups in total. The van der Waals surface area contributed by atoms with Crippen LogP contribution < -0.4 is 0 Å². The van der Waals surface area contributed by atoms with Crippen molar-refractivity contribution in [3.63, 3.8) is 0 Å². The van der Waals surface area contributed by atoms with E-state index in [1.165, 1.54) is 24.6 Å². The Morgan fingerprint density at radius 3 is 2.63 bits per heavy atom. The van der Waals surface area contributed by atoms with Crippen LogP contribution in [0.5, 0.6) is 0 Å². The molecule has 1 saturated carbocycles. The average Bonchev–Trinajstić information content (AvgIpc) is 3.09. The van der Waals surface area contributed by atoms with Crippen molar-refractivity contribution in [2.45, 2.75) is 51.2 Å². The van der Waals surface area contributed by atoms with Gasteiger partial charge in [0.15, 0.2) is 5.16 Å². The van der Waals surface area contributed by atoms with Crippen LogP contribution in [0.4, 0.5) is 0 Å². The first-order chi connectivity index (χ1) is 8.99. The van der Waals surface area contributed by atoms with Crippen LogP contribution in [-0.2, 0) is 11.3 Å². The SMILES string of the molecule is CC(C)Cn1c(SCC(=O)O)nnc1C(C)C1CC1. The van der Waals surface area contributed by atoms with Crippen LogP contribution in [0, 0.1) is 11.8 Å². The molecule has 0 spiro atoms. The van der Waals surface area contributed by atoms with Gasteiger partial charge < -0.3 is 9.67 Å². The maximum Gasteiger partial charge on any atom is 0.313 e. The monoisotopic (exact) mass is 283 g/mol. The van der Waals surface area contributed by atoms with Gasteiger partial charge in [-0.05, 0) is 24.7 Å². The summed E-state index contributed by atoms with van der Waals surface area (Å²) in [5.41, 5.74) is 0. The first-order valence-electron chi connectivity index (χ1n) is 6.76. The van der Waals surface area contributed by atoms with Crippen molar-refractivity contribution in [2.75, 3.05) is 5.75 Å². The largest absolute Gasteiger partial charge is 0.481 e. The van der Waals surface area contributed by atoms with E-state index in [-0.39, 0.29) is 5.75 Å². The molecule has 2 rings (SSSR count). The average molecular weight is 283 g/mol. The van der Waals surface area contributed by atoms with Crippen LogP contribution in [-0.4, -0.2) is 31.6 Å². The molecule has 0 saturated heterocycles. The van der Waals surface area contributed by atoms with Gasteiger partial charge in [0.1, 0.15) is 5.82 Å². The van der Waals surface area contributed by atoms with Gasteiger partial charge in [0.05, 0.1) is 5.75 Å². The minimum absolute atomic E-state index is 0.0358. The van der Waals surface area contributed by atoms with Crippen molar-refractivity contribution in [1.82, 2.24) is 14.8 Å². The standard InChI is InChI=1S/C13H21N3O2S/c1-8(2)6-16-12(9(3)10-4-5-10)14-15-13(16)19-7-11(17)18/h8-10H,4-7H2,1-3H3,(H,17,18). The summed E-state index contributed by atoms with van der Waals surface area (Å²) in [5.74, 6) is 1.88. The van der Waals surface area contributed by atoms with E-state index in [2.05, 4.69) is 35.5 Å². The zero-order chi connectivity index (χ0) is 14.0. The van der Waals surface area contributed by atoms with Gasteiger partial charge in [-0.1, -0.05) is 32.5 Å². The molecule has 0 amide bonds. The van der Waals surface area contributed by atoms with E-state index in [1.807, 2.05) is 0 Å². The molecule has 6 heteroatoms. The summed E-state index contributed by atoms with van der Waals surface area (Å²) in [4.78, 5) is 10.7. The van der Waals surface area contributed by atoms with Crippen LogP contribution in [0.15, 0.2) is 5.16 Å². The topological polar surface area (TPSA) is 68.0 Å². The number of aromatic nitrogens is 3. The summed E-state index contributed by atoms with van der Waals surface area (Å²) in [6, 6.07) is 0. The van der Waals surface area contributed by atoms with E-state index < -0.39 is 5.97 Å². The van der Waals surface area contributed by atoms with Crippen LogP contribution >= 0.6 is 11.8 Å². The van der Waals surface area contributed by atoms with E-state index in [4.69, 9.17) is 5.11 Å². The molecule has 1 aliphatic carbocycles. The molecule has 0 aromatic carbocycles. The second kappa shape index (κ2) is 5.94. The number of hydrogen-bond donors (Lipinski definition) is 1. The third-order valence-corrected chi connectivity index (χ3v) is 4.31. The highest BCUT2D eigenvalue weighted by Crippen LogP contribution is 2.42. The summed E-state index contributed by atoms with van der Waals surface area (Å²) in [6.07, 6.45) is 2.54. The highest BCUT2D eigenvalue weighted by molar-refractivity contribution is 7.99. The lowest BCUT2D eigenvalue weighted by Crippen LogP contribution is -2.13. The summed E-state index contributed by atoms with van der Waals surface area (Å²) in [7, 11) is 0. The molecule has 0 bridgehead atoms. The number of aliphatic carboxylic acids is 1. The lowest BCUT2D eigenvalue weighted by Gasteiger charge is -2.15. The number of carbonyl (C=O) groups is 1. The van der Waals surface area contributed by atoms with Gasteiger partial charge in [-0.3, -0.25) is 4.79 Å². The van der Waals surface area contributed by atoms with Gasteiger partial charge in [0.2, 0.25) is 0 Å². The second-order valence-corrected chi connectivity index (χ2v) is 6.60. The molecular formula is C13H21N3O2S. The quantitative estimate of drug-likeness (QED) is 0.779. The first-order valence-corrected chi connectivity index (χ1v) is 7.75. The Hall–Kier alpha value is -1.04. The zero-order valence-electron chi connectivity index (χ0n) is 11.7. The number of hydrogen-bond acceptors (Lipinski definition) is 4. The molecule has 0 aliphatic heterocycles. The number of carboxylic acid groups (broad SMARTS) is 1. The van der Waals surface area contributed by atoms with Gasteiger partial charge >= 0.3 is 5.97 Å². The predicted molar refractivity (Wildman–Crippen MR) is 74.4 cm³/mol. The van der Waals surface area contributed by atoms with Gasteiger partial charge in [-0.2, -0.15) is 0 Å². The Bertz CT molecular complexity index is 455. The minimum Gasteiger partial charge on any atom is -0.481 e. The van der Waals surface area contributed by atoms with E-state index >= 15 is 0 Å². The van der Waals surface area contributed by atoms with Crippen LogP contribution in [0.2, 0.25) is 0 Å². The van der Waals surface area contributed by atoms with E-state index in [0.29, 0.717) is 11.8 Å². The summed E-state index contributed by atoms with van der Waals surface area (Å²) in [5, 5.41) is 18.0. The van der Waals surface area contributed by atoms with Gasteiger partial charge in [0.25, 0.3) is 0 Å². The van der Waals surface area contributed by atoms with E-state index in [1.54, 1.807) is 0 Å². The summed E-state index contributed by atoms with van der Waals surface area (Å²) in [6.45, 7) is 7.35. The molecular weight excluding hydrogens is 262 g/mol. The highest BCUT2D eigenvalue weighted by Gasteiger charge is 2.33. The molecule has 1 aromatic heterocycles. The molecule has 0 radical (unpaired) electrons. The van der Waals surface area contributed by atoms with Crippen molar-refractivity contribution in [3.8, 4) is 0 Å². The Kier molecular flexibility index (Phi) is 4.50. The second-order valence-electron chi connectivity index (χ2n) is 5.65. The normalized spacial score (nSPS) is 16.8. The minimum atomic E-state index is -0.819. The predicted octanol–water partition coefficient (Wildman–Crippen LogP) is 2.62. The molecule has 1 unspecified atom stereocenters. The van der Waals surface area contributed by atoms with Gasteiger partial charge in [-0.25, -0.2) is 0 Å². The van der Waals surface area contributed by atoms with E-state index in [9.17, 15) is 4.79 Å². The zero-order valence-corrected chi connectivity index (χ0v) is 12.5. The molecule has 5 nitrogen and oxygen atoms in total. The third kappa shape index (κ3) is 3.72. The first kappa shape index (κ1) is 14.4. The van der Waals surface area contributed by atoms with Crippen LogP contribution in [0.3, 0.4) is 0 Å². The lowest BCUT2D eigenvalue weighted by atomic mass is 10.1. The lowest BCUT2D eigenvalue weighted by molar-refractivity contribution is -0.133. The fraction of sp³-hybridized carbons (Fsp3) is 0.769. The number of nitrogens with zero attached hydrogens (tertiary/aromatic N) is 3. The maximum absolute atomic E-state index is 10.7. The van der Waals surface area contributed by atoms with Gasteiger partial charge in [0, 0.05) is 12.5 Å². The van der Waals surface area contributed by atoms with Crippen LogP contribution in [0.1, 0.15) is 45.4 Å². The fourth-order valence-corrected chi connectivity index (χ4v) is 2.89. The highest BCUT2D eigenvalue weighted by atomic mass is 32.2. The molecule has 19 heavy (non-hydrogen) atoms. The summed E-state index contributed by atoms with van der Waals surface area (Å²) < 4.78 is 2.11. The maximum atomic E-state index is 10.7. The van der Waals surface area contributed by atoms with Crippen molar-refractivity contribution < 1.29 is 9.90 Å². The number of rotatable bonds is 7. The van der Waals surface area contributed by atoms with Crippen molar-refractivity contribution in [2.24, 2.45) is 11.8 Å². The molecule has 1 heterocycles. The molecule has 1 atom stereocenters. The Labute approximate surface area is 117 Å². The molecule has 1 fully saturated rings. The third-order valence-electron chi connectivity index (χ3n) is 3.35. The Morgan fingerprint density at radius 1 is 1.42 bits per heavy atom. The summed E-state index contributed by atoms with van der Waals surface area (Å²) >= 11 is 1.26. The van der Waals surface area contributed by atoms with Crippen molar-refractivity contribution in [3.05, 3.63) is 5.82 Å². The van der Waals surface area contributed by atoms with E-state index in [0.717, 1.165) is 23.4 Å². The molecule has 1 aromatic rings. The van der Waals surface area contributed by atoms with Crippen molar-refractivity contribution in [1.29, 1.82) is 0 Å². The number of carboxylic acids is 1.